The molecule has 7 heteroatoms. The van der Waals surface area contributed by atoms with E-state index in [-0.39, 0.29) is 12.0 Å². The normalized spacial score (nSPS) is 21.8. The molecule has 2 atom stereocenters. The van der Waals surface area contributed by atoms with E-state index in [1.54, 1.807) is 6.07 Å². The topological polar surface area (TPSA) is 78.3 Å². The van der Waals surface area contributed by atoms with Crippen LogP contribution in [0.4, 0.5) is 0 Å². The van der Waals surface area contributed by atoms with E-state index in [0.29, 0.717) is 18.0 Å². The SMILES string of the molecule is CC1Oc2ccccc2OC1C(=O)NCc1nnc2n1CCC2. The third kappa shape index (κ3) is 2.52. The molecule has 3 heterocycles. The molecule has 0 saturated carbocycles. The van der Waals surface area contributed by atoms with Gasteiger partial charge >= 0.3 is 0 Å². The van der Waals surface area contributed by atoms with Gasteiger partial charge in [-0.2, -0.15) is 0 Å². The van der Waals surface area contributed by atoms with Crippen LogP contribution in [0.15, 0.2) is 24.3 Å². The highest BCUT2D eigenvalue weighted by molar-refractivity contribution is 5.82. The summed E-state index contributed by atoms with van der Waals surface area (Å²) in [6.07, 6.45) is 1.01. The average Bonchev–Trinajstić information content (AvgIpc) is 3.15. The van der Waals surface area contributed by atoms with Crippen LogP contribution in [-0.2, 0) is 24.3 Å². The van der Waals surface area contributed by atoms with E-state index in [9.17, 15) is 4.79 Å². The van der Waals surface area contributed by atoms with E-state index in [2.05, 4.69) is 20.1 Å². The lowest BCUT2D eigenvalue weighted by molar-refractivity contribution is -0.133. The van der Waals surface area contributed by atoms with Crippen LogP contribution in [0.25, 0.3) is 0 Å². The number of aryl methyl sites for hydroxylation is 1. The summed E-state index contributed by atoms with van der Waals surface area (Å²) in [6, 6.07) is 7.36. The number of amides is 1. The van der Waals surface area contributed by atoms with Crippen LogP contribution in [0.5, 0.6) is 11.5 Å². The summed E-state index contributed by atoms with van der Waals surface area (Å²) in [6.45, 7) is 3.09. The predicted molar refractivity (Wildman–Crippen MR) is 81.1 cm³/mol. The molecule has 4 rings (SSSR count). The first kappa shape index (κ1) is 14.0. The Labute approximate surface area is 133 Å². The van der Waals surface area contributed by atoms with Crippen molar-refractivity contribution < 1.29 is 14.3 Å². The molecule has 2 aromatic rings. The fraction of sp³-hybridized carbons (Fsp3) is 0.438. The Balaban J connectivity index is 1.43. The third-order valence-electron chi connectivity index (χ3n) is 4.21. The maximum Gasteiger partial charge on any atom is 0.265 e. The van der Waals surface area contributed by atoms with Crippen molar-refractivity contribution in [1.82, 2.24) is 20.1 Å². The maximum absolute atomic E-state index is 12.4. The first-order valence-corrected chi connectivity index (χ1v) is 7.83. The molecular formula is C16H18N4O3. The Morgan fingerprint density at radius 2 is 2.09 bits per heavy atom. The van der Waals surface area contributed by atoms with Crippen LogP contribution in [-0.4, -0.2) is 32.9 Å². The minimum Gasteiger partial charge on any atom is -0.482 e. The van der Waals surface area contributed by atoms with Crippen LogP contribution < -0.4 is 14.8 Å². The van der Waals surface area contributed by atoms with Gasteiger partial charge in [0.2, 0.25) is 6.10 Å². The number of hydrogen-bond acceptors (Lipinski definition) is 5. The highest BCUT2D eigenvalue weighted by Crippen LogP contribution is 2.33. The van der Waals surface area contributed by atoms with Gasteiger partial charge in [-0.25, -0.2) is 0 Å². The lowest BCUT2D eigenvalue weighted by atomic mass is 10.1. The molecule has 1 N–H and O–H groups in total. The van der Waals surface area contributed by atoms with E-state index in [1.165, 1.54) is 0 Å². The summed E-state index contributed by atoms with van der Waals surface area (Å²) in [7, 11) is 0. The molecular weight excluding hydrogens is 296 g/mol. The summed E-state index contributed by atoms with van der Waals surface area (Å²) in [5, 5.41) is 11.2. The van der Waals surface area contributed by atoms with Gasteiger partial charge in [0.15, 0.2) is 17.3 Å². The lowest BCUT2D eigenvalue weighted by Crippen LogP contribution is -2.49. The number of carbonyl (C=O) groups is 1. The molecule has 0 saturated heterocycles. The molecule has 0 aliphatic carbocycles. The van der Waals surface area contributed by atoms with E-state index >= 15 is 0 Å². The number of ether oxygens (including phenoxy) is 2. The summed E-state index contributed by atoms with van der Waals surface area (Å²) in [5.41, 5.74) is 0. The summed E-state index contributed by atoms with van der Waals surface area (Å²) in [5.74, 6) is 2.83. The first-order chi connectivity index (χ1) is 11.2. The Morgan fingerprint density at radius 3 is 2.91 bits per heavy atom. The zero-order valence-corrected chi connectivity index (χ0v) is 12.9. The molecule has 0 fully saturated rings. The van der Waals surface area contributed by atoms with Gasteiger partial charge in [0.1, 0.15) is 11.9 Å². The van der Waals surface area contributed by atoms with Crippen LogP contribution in [0.2, 0.25) is 0 Å². The van der Waals surface area contributed by atoms with Gasteiger partial charge in [-0.15, -0.1) is 10.2 Å². The van der Waals surface area contributed by atoms with Gasteiger partial charge < -0.3 is 19.4 Å². The summed E-state index contributed by atoms with van der Waals surface area (Å²) < 4.78 is 13.6. The fourth-order valence-electron chi connectivity index (χ4n) is 3.01. The molecule has 1 aromatic heterocycles. The molecule has 2 aliphatic heterocycles. The van der Waals surface area contributed by atoms with Gasteiger partial charge in [-0.05, 0) is 25.5 Å². The van der Waals surface area contributed by atoms with Crippen molar-refractivity contribution in [2.45, 2.75) is 45.1 Å². The van der Waals surface area contributed by atoms with Gasteiger partial charge in [0, 0.05) is 13.0 Å². The molecule has 23 heavy (non-hydrogen) atoms. The van der Waals surface area contributed by atoms with Gasteiger partial charge in [-0.1, -0.05) is 12.1 Å². The number of rotatable bonds is 3. The van der Waals surface area contributed by atoms with E-state index < -0.39 is 6.10 Å². The number of fused-ring (bicyclic) bond motifs is 2. The van der Waals surface area contributed by atoms with Gasteiger partial charge in [0.25, 0.3) is 5.91 Å². The fourth-order valence-corrected chi connectivity index (χ4v) is 3.01. The Hall–Kier alpha value is -2.57. The Morgan fingerprint density at radius 1 is 1.30 bits per heavy atom. The zero-order valence-electron chi connectivity index (χ0n) is 12.9. The lowest BCUT2D eigenvalue weighted by Gasteiger charge is -2.30. The third-order valence-corrected chi connectivity index (χ3v) is 4.21. The monoisotopic (exact) mass is 314 g/mol. The van der Waals surface area contributed by atoms with Crippen LogP contribution in [0, 0.1) is 0 Å². The molecule has 2 aliphatic rings. The minimum atomic E-state index is -0.675. The van der Waals surface area contributed by atoms with E-state index in [0.717, 1.165) is 31.0 Å². The molecule has 7 nitrogen and oxygen atoms in total. The smallest absolute Gasteiger partial charge is 0.265 e. The van der Waals surface area contributed by atoms with Crippen molar-refractivity contribution in [2.24, 2.45) is 0 Å². The second-order valence-corrected chi connectivity index (χ2v) is 5.81. The standard InChI is InChI=1S/C16H18N4O3/c1-10-15(23-12-6-3-2-5-11(12)22-10)16(21)17-9-14-19-18-13-7-4-8-20(13)14/h2-3,5-6,10,15H,4,7-9H2,1H3,(H,17,21). The number of nitrogens with zero attached hydrogens (tertiary/aromatic N) is 3. The van der Waals surface area contributed by atoms with Crippen molar-refractivity contribution in [1.29, 1.82) is 0 Å². The van der Waals surface area contributed by atoms with Gasteiger partial charge in [0.05, 0.1) is 6.54 Å². The quantitative estimate of drug-likeness (QED) is 0.917. The van der Waals surface area contributed by atoms with Crippen molar-refractivity contribution in [3.63, 3.8) is 0 Å². The highest BCUT2D eigenvalue weighted by atomic mass is 16.6. The van der Waals surface area contributed by atoms with Crippen molar-refractivity contribution in [3.05, 3.63) is 35.9 Å². The van der Waals surface area contributed by atoms with Crippen molar-refractivity contribution >= 4 is 5.91 Å². The van der Waals surface area contributed by atoms with Crippen LogP contribution >= 0.6 is 0 Å². The molecule has 0 radical (unpaired) electrons. The van der Waals surface area contributed by atoms with Crippen molar-refractivity contribution in [2.75, 3.05) is 0 Å². The first-order valence-electron chi connectivity index (χ1n) is 7.83. The second kappa shape index (κ2) is 5.57. The van der Waals surface area contributed by atoms with Gasteiger partial charge in [-0.3, -0.25) is 4.79 Å². The molecule has 0 spiro atoms. The number of aromatic nitrogens is 3. The second-order valence-electron chi connectivity index (χ2n) is 5.81. The largest absolute Gasteiger partial charge is 0.482 e. The highest BCUT2D eigenvalue weighted by Gasteiger charge is 2.34. The van der Waals surface area contributed by atoms with E-state index in [1.807, 2.05) is 25.1 Å². The molecule has 1 amide bonds. The summed E-state index contributed by atoms with van der Waals surface area (Å²) >= 11 is 0. The Bertz CT molecular complexity index is 743. The predicted octanol–water partition coefficient (Wildman–Crippen LogP) is 1.07. The van der Waals surface area contributed by atoms with Crippen LogP contribution in [0.1, 0.15) is 25.0 Å². The minimum absolute atomic E-state index is 0.206. The summed E-state index contributed by atoms with van der Waals surface area (Å²) in [4.78, 5) is 12.4. The molecule has 1 aromatic carbocycles. The van der Waals surface area contributed by atoms with E-state index in [4.69, 9.17) is 9.47 Å². The maximum atomic E-state index is 12.4. The molecule has 120 valence electrons. The average molecular weight is 314 g/mol. The molecule has 0 bridgehead atoms. The molecule has 2 unspecified atom stereocenters. The number of benzene rings is 1. The number of para-hydroxylation sites is 2. The van der Waals surface area contributed by atoms with Crippen LogP contribution in [0.3, 0.4) is 0 Å². The Kier molecular flexibility index (Phi) is 3.40. The van der Waals surface area contributed by atoms with Crippen molar-refractivity contribution in [3.8, 4) is 11.5 Å². The number of nitrogens with one attached hydrogen (secondary N) is 1. The number of hydrogen-bond donors (Lipinski definition) is 1. The zero-order chi connectivity index (χ0) is 15.8. The number of carbonyl (C=O) groups excluding carboxylic acids is 1.